The summed E-state index contributed by atoms with van der Waals surface area (Å²) in [4.78, 5) is 2.80. The molecule has 0 fully saturated rings. The summed E-state index contributed by atoms with van der Waals surface area (Å²) in [7, 11) is -3.79. The van der Waals surface area contributed by atoms with Gasteiger partial charge in [-0.3, -0.25) is 0 Å². The molecule has 9 heteroatoms. The molecule has 0 unspecified atom stereocenters. The first kappa shape index (κ1) is 14.2. The molecule has 1 aromatic heterocycles. The van der Waals surface area contributed by atoms with E-state index in [4.69, 9.17) is 4.42 Å². The lowest BCUT2D eigenvalue weighted by Gasteiger charge is -2.10. The number of aromatic nitrogens is 1. The molecule has 4 nitrogen and oxygen atoms in total. The predicted molar refractivity (Wildman–Crippen MR) is 62.5 cm³/mol. The van der Waals surface area contributed by atoms with Crippen molar-refractivity contribution in [1.82, 2.24) is 4.98 Å². The summed E-state index contributed by atoms with van der Waals surface area (Å²) in [6.07, 6.45) is 2.11. The van der Waals surface area contributed by atoms with Gasteiger partial charge in [-0.15, -0.1) is 0 Å². The molecule has 0 atom stereocenters. The SMILES string of the molecule is CCS(=O)(=O)c1cc2n[c]oc2cc1SC(F)(F)F. The van der Waals surface area contributed by atoms with Gasteiger partial charge in [-0.2, -0.15) is 13.2 Å². The summed E-state index contributed by atoms with van der Waals surface area (Å²) < 4.78 is 65.8. The van der Waals surface area contributed by atoms with Gasteiger partial charge in [0.1, 0.15) is 5.52 Å². The molecule has 0 aliphatic rings. The van der Waals surface area contributed by atoms with Gasteiger partial charge in [-0.25, -0.2) is 13.4 Å². The third kappa shape index (κ3) is 3.03. The molecule has 0 saturated heterocycles. The Morgan fingerprint density at radius 2 is 2.11 bits per heavy atom. The molecular weight excluding hydrogens is 303 g/mol. The van der Waals surface area contributed by atoms with E-state index in [2.05, 4.69) is 11.4 Å². The second-order valence-corrected chi connectivity index (χ2v) is 6.88. The standard InChI is InChI=1S/C10H7F3NO3S2/c1-2-19(15,16)9-3-6-7(17-5-14-6)4-8(9)18-10(11,12)13/h3-4H,2H2,1H3. The van der Waals surface area contributed by atoms with Crippen LogP contribution in [0.25, 0.3) is 11.1 Å². The van der Waals surface area contributed by atoms with Gasteiger partial charge >= 0.3 is 5.51 Å². The van der Waals surface area contributed by atoms with E-state index in [1.807, 2.05) is 0 Å². The van der Waals surface area contributed by atoms with Crippen molar-refractivity contribution < 1.29 is 26.0 Å². The topological polar surface area (TPSA) is 60.2 Å². The van der Waals surface area contributed by atoms with E-state index in [9.17, 15) is 21.6 Å². The Hall–Kier alpha value is -1.22. The minimum absolute atomic E-state index is 0.0572. The Morgan fingerprint density at radius 1 is 1.42 bits per heavy atom. The first-order valence-electron chi connectivity index (χ1n) is 5.02. The summed E-state index contributed by atoms with van der Waals surface area (Å²) in [5.74, 6) is -0.300. The zero-order chi connectivity index (χ0) is 14.3. The van der Waals surface area contributed by atoms with Crippen molar-refractivity contribution in [3.63, 3.8) is 0 Å². The van der Waals surface area contributed by atoms with Gasteiger partial charge in [0.05, 0.1) is 10.6 Å². The lowest BCUT2D eigenvalue weighted by atomic mass is 10.3. The van der Waals surface area contributed by atoms with Crippen LogP contribution in [0.2, 0.25) is 0 Å². The number of sulfone groups is 1. The van der Waals surface area contributed by atoms with Crippen LogP contribution in [0.4, 0.5) is 13.2 Å². The van der Waals surface area contributed by atoms with Crippen molar-refractivity contribution in [3.8, 4) is 0 Å². The number of hydrogen-bond acceptors (Lipinski definition) is 5. The highest BCUT2D eigenvalue weighted by Gasteiger charge is 2.33. The fourth-order valence-electron chi connectivity index (χ4n) is 1.42. The molecule has 0 bridgehead atoms. The molecule has 0 spiro atoms. The van der Waals surface area contributed by atoms with E-state index in [1.165, 1.54) is 6.92 Å². The van der Waals surface area contributed by atoms with E-state index in [0.717, 1.165) is 12.1 Å². The second kappa shape index (κ2) is 4.71. The van der Waals surface area contributed by atoms with E-state index in [-0.39, 0.29) is 16.9 Å². The van der Waals surface area contributed by atoms with Crippen LogP contribution in [0.3, 0.4) is 0 Å². The van der Waals surface area contributed by atoms with Crippen LogP contribution in [-0.2, 0) is 9.84 Å². The minimum Gasteiger partial charge on any atom is -0.432 e. The fourth-order valence-corrected chi connectivity index (χ4v) is 3.47. The zero-order valence-electron chi connectivity index (χ0n) is 9.48. The van der Waals surface area contributed by atoms with Crippen LogP contribution in [-0.4, -0.2) is 24.7 Å². The average molecular weight is 310 g/mol. The summed E-state index contributed by atoms with van der Waals surface area (Å²) in [5.41, 5.74) is -4.38. The highest BCUT2D eigenvalue weighted by molar-refractivity contribution is 8.01. The first-order valence-corrected chi connectivity index (χ1v) is 7.49. The summed E-state index contributed by atoms with van der Waals surface area (Å²) in [6.45, 7) is 1.36. The van der Waals surface area contributed by atoms with Crippen molar-refractivity contribution in [2.24, 2.45) is 0 Å². The van der Waals surface area contributed by atoms with Crippen molar-refractivity contribution in [1.29, 1.82) is 0 Å². The summed E-state index contributed by atoms with van der Waals surface area (Å²) >= 11 is -0.493. The van der Waals surface area contributed by atoms with Gasteiger partial charge in [0, 0.05) is 4.90 Å². The molecule has 103 valence electrons. The zero-order valence-corrected chi connectivity index (χ0v) is 11.1. The molecular formula is C10H7F3NO3S2. The van der Waals surface area contributed by atoms with E-state index in [0.29, 0.717) is 0 Å². The number of alkyl halides is 3. The molecule has 1 aromatic carbocycles. The largest absolute Gasteiger partial charge is 0.446 e. The third-order valence-corrected chi connectivity index (χ3v) is 4.97. The van der Waals surface area contributed by atoms with Gasteiger partial charge in [-0.05, 0) is 23.9 Å². The van der Waals surface area contributed by atoms with Crippen molar-refractivity contribution in [2.75, 3.05) is 5.75 Å². The molecule has 0 aliphatic heterocycles. The van der Waals surface area contributed by atoms with Crippen molar-refractivity contribution >= 4 is 32.7 Å². The summed E-state index contributed by atoms with van der Waals surface area (Å²) in [5, 5.41) is 0. The normalized spacial score (nSPS) is 13.1. The first-order chi connectivity index (χ1) is 8.73. The van der Waals surface area contributed by atoms with E-state index >= 15 is 0 Å². The number of fused-ring (bicyclic) bond motifs is 1. The van der Waals surface area contributed by atoms with Crippen LogP contribution in [0, 0.1) is 6.39 Å². The van der Waals surface area contributed by atoms with Gasteiger partial charge in [0.2, 0.25) is 0 Å². The fraction of sp³-hybridized carbons (Fsp3) is 0.300. The minimum atomic E-state index is -4.59. The maximum atomic E-state index is 12.5. The third-order valence-electron chi connectivity index (χ3n) is 2.29. The van der Waals surface area contributed by atoms with E-state index < -0.39 is 36.9 Å². The molecule has 2 rings (SSSR count). The van der Waals surface area contributed by atoms with Gasteiger partial charge in [-0.1, -0.05) is 6.92 Å². The van der Waals surface area contributed by atoms with Crippen molar-refractivity contribution in [3.05, 3.63) is 18.5 Å². The number of benzene rings is 1. The molecule has 2 aromatic rings. The molecule has 19 heavy (non-hydrogen) atoms. The van der Waals surface area contributed by atoms with Gasteiger partial charge in [0.15, 0.2) is 15.4 Å². The van der Waals surface area contributed by atoms with Crippen LogP contribution >= 0.6 is 11.8 Å². The Bertz CT molecular complexity index is 706. The highest BCUT2D eigenvalue weighted by atomic mass is 32.2. The molecule has 0 saturated carbocycles. The van der Waals surface area contributed by atoms with Crippen molar-refractivity contribution in [2.45, 2.75) is 22.2 Å². The monoisotopic (exact) mass is 310 g/mol. The molecule has 0 N–H and O–H groups in total. The number of oxazole rings is 1. The van der Waals surface area contributed by atoms with Gasteiger partial charge in [0.25, 0.3) is 6.39 Å². The number of thioether (sulfide) groups is 1. The van der Waals surface area contributed by atoms with Crippen LogP contribution in [0.1, 0.15) is 6.92 Å². The maximum absolute atomic E-state index is 12.5. The van der Waals surface area contributed by atoms with Crippen LogP contribution in [0.15, 0.2) is 26.3 Å². The Kier molecular flexibility index (Phi) is 3.52. The Balaban J connectivity index is 2.67. The Morgan fingerprint density at radius 3 is 2.68 bits per heavy atom. The average Bonchev–Trinajstić information content (AvgIpc) is 2.72. The second-order valence-electron chi connectivity index (χ2n) is 3.52. The Labute approximate surface area is 110 Å². The number of nitrogens with zero attached hydrogens (tertiary/aromatic N) is 1. The molecule has 0 amide bonds. The van der Waals surface area contributed by atoms with Gasteiger partial charge < -0.3 is 4.42 Å². The lowest BCUT2D eigenvalue weighted by molar-refractivity contribution is -0.0328. The smallest absolute Gasteiger partial charge is 0.432 e. The van der Waals surface area contributed by atoms with Crippen LogP contribution < -0.4 is 0 Å². The highest BCUT2D eigenvalue weighted by Crippen LogP contribution is 2.41. The lowest BCUT2D eigenvalue weighted by Crippen LogP contribution is -2.08. The quantitative estimate of drug-likeness (QED) is 0.816. The van der Waals surface area contributed by atoms with Crippen LogP contribution in [0.5, 0.6) is 0 Å². The predicted octanol–water partition coefficient (Wildman–Crippen LogP) is 3.03. The number of halogens is 3. The van der Waals surface area contributed by atoms with E-state index in [1.54, 1.807) is 0 Å². The molecule has 1 heterocycles. The number of rotatable bonds is 3. The number of hydrogen-bond donors (Lipinski definition) is 0. The summed E-state index contributed by atoms with van der Waals surface area (Å²) in [6, 6.07) is 2.09. The molecule has 0 aliphatic carbocycles. The maximum Gasteiger partial charge on any atom is 0.446 e. The molecule has 1 radical (unpaired) electrons.